The van der Waals surface area contributed by atoms with E-state index in [0.29, 0.717) is 34.5 Å². The lowest BCUT2D eigenvalue weighted by atomic mass is 9.83. The number of carbonyl (C=O) groups is 1. The van der Waals surface area contributed by atoms with E-state index in [9.17, 15) is 10.1 Å². The van der Waals surface area contributed by atoms with Crippen LogP contribution in [0.3, 0.4) is 0 Å². The number of hydrogen-bond donors (Lipinski definition) is 1. The van der Waals surface area contributed by atoms with Gasteiger partial charge in [-0.05, 0) is 53.6 Å². The highest BCUT2D eigenvalue weighted by Crippen LogP contribution is 2.43. The summed E-state index contributed by atoms with van der Waals surface area (Å²) in [6.07, 6.45) is 0. The van der Waals surface area contributed by atoms with Gasteiger partial charge < -0.3 is 24.7 Å². The van der Waals surface area contributed by atoms with Crippen LogP contribution in [0.4, 0.5) is 0 Å². The summed E-state index contributed by atoms with van der Waals surface area (Å²) < 4.78 is 22.5. The molecule has 1 unspecified atom stereocenters. The van der Waals surface area contributed by atoms with Crippen molar-refractivity contribution in [2.75, 3.05) is 6.61 Å². The summed E-state index contributed by atoms with van der Waals surface area (Å²) in [6, 6.07) is 31.0. The van der Waals surface area contributed by atoms with Crippen molar-refractivity contribution >= 4 is 17.6 Å². The zero-order valence-electron chi connectivity index (χ0n) is 20.7. The van der Waals surface area contributed by atoms with Crippen molar-refractivity contribution in [2.45, 2.75) is 12.5 Å². The number of nitriles is 1. The monoisotopic (exact) mass is 538 g/mol. The van der Waals surface area contributed by atoms with Crippen LogP contribution in [0, 0.1) is 11.3 Å². The van der Waals surface area contributed by atoms with Gasteiger partial charge in [0.2, 0.25) is 5.88 Å². The van der Waals surface area contributed by atoms with Gasteiger partial charge in [0.1, 0.15) is 41.2 Å². The zero-order valence-corrected chi connectivity index (χ0v) is 21.4. The largest absolute Gasteiger partial charge is 0.489 e. The van der Waals surface area contributed by atoms with Crippen LogP contribution in [0.5, 0.6) is 23.0 Å². The average molecular weight is 539 g/mol. The quantitative estimate of drug-likeness (QED) is 0.213. The second kappa shape index (κ2) is 11.6. The third-order valence-electron chi connectivity index (χ3n) is 6.05. The number of nitrogens with zero attached hydrogens (tertiary/aromatic N) is 1. The second-order valence-corrected chi connectivity index (χ2v) is 9.12. The van der Waals surface area contributed by atoms with Gasteiger partial charge in [0.25, 0.3) is 0 Å². The molecule has 39 heavy (non-hydrogen) atoms. The first-order valence-corrected chi connectivity index (χ1v) is 12.5. The highest BCUT2D eigenvalue weighted by atomic mass is 35.5. The molecule has 1 atom stereocenters. The molecular formula is C31H23ClN2O5. The van der Waals surface area contributed by atoms with Crippen molar-refractivity contribution in [3.63, 3.8) is 0 Å². The second-order valence-electron chi connectivity index (χ2n) is 8.68. The maximum Gasteiger partial charge on any atom is 0.349 e. The molecular weight excluding hydrogens is 516 g/mol. The van der Waals surface area contributed by atoms with E-state index in [1.807, 2.05) is 66.7 Å². The lowest BCUT2D eigenvalue weighted by molar-refractivity contribution is -0.136. The van der Waals surface area contributed by atoms with Gasteiger partial charge in [0.15, 0.2) is 6.61 Å². The summed E-state index contributed by atoms with van der Waals surface area (Å²) in [4.78, 5) is 12.3. The molecule has 0 bridgehead atoms. The van der Waals surface area contributed by atoms with E-state index in [-0.39, 0.29) is 18.2 Å². The Morgan fingerprint density at radius 2 is 1.59 bits per heavy atom. The number of fused-ring (bicyclic) bond motifs is 1. The van der Waals surface area contributed by atoms with Gasteiger partial charge in [-0.2, -0.15) is 5.26 Å². The summed E-state index contributed by atoms with van der Waals surface area (Å²) in [5, 5.41) is 10.5. The molecule has 4 aromatic carbocycles. The normalized spacial score (nSPS) is 14.0. The molecule has 8 heteroatoms. The standard InChI is InChI=1S/C31H23ClN2O5/c32-22-10-6-20(7-11-22)18-36-24-12-8-21(9-13-24)30-26-15-14-25(16-28(26)39-31(34)27(30)17-33)38-29(35)19-37-23-4-2-1-3-5-23/h1-16,30H,18-19,34H2. The van der Waals surface area contributed by atoms with Crippen molar-refractivity contribution in [2.24, 2.45) is 5.73 Å². The van der Waals surface area contributed by atoms with Gasteiger partial charge in [0, 0.05) is 16.7 Å². The Balaban J connectivity index is 1.30. The molecule has 5 rings (SSSR count). The molecule has 4 aromatic rings. The molecule has 0 spiro atoms. The molecule has 0 aliphatic carbocycles. The van der Waals surface area contributed by atoms with Crippen LogP contribution in [0.2, 0.25) is 5.02 Å². The molecule has 0 aromatic heterocycles. The van der Waals surface area contributed by atoms with Crippen LogP contribution in [0.25, 0.3) is 0 Å². The van der Waals surface area contributed by atoms with Crippen LogP contribution < -0.4 is 24.7 Å². The highest BCUT2D eigenvalue weighted by molar-refractivity contribution is 6.30. The van der Waals surface area contributed by atoms with E-state index >= 15 is 0 Å². The number of hydrogen-bond acceptors (Lipinski definition) is 7. The Morgan fingerprint density at radius 3 is 2.31 bits per heavy atom. The number of rotatable bonds is 8. The smallest absolute Gasteiger partial charge is 0.349 e. The Hall–Kier alpha value is -4.93. The van der Waals surface area contributed by atoms with Gasteiger partial charge in [-0.25, -0.2) is 4.79 Å². The fraction of sp³-hybridized carbons (Fsp3) is 0.0968. The molecule has 0 fully saturated rings. The zero-order chi connectivity index (χ0) is 27.2. The third kappa shape index (κ3) is 6.15. The molecule has 0 saturated heterocycles. The first-order valence-electron chi connectivity index (χ1n) is 12.1. The Morgan fingerprint density at radius 1 is 0.897 bits per heavy atom. The molecule has 7 nitrogen and oxygen atoms in total. The molecule has 194 valence electrons. The topological polar surface area (TPSA) is 104 Å². The van der Waals surface area contributed by atoms with Crippen molar-refractivity contribution in [3.8, 4) is 29.1 Å². The van der Waals surface area contributed by atoms with E-state index in [1.54, 1.807) is 30.3 Å². The van der Waals surface area contributed by atoms with Gasteiger partial charge in [-0.3, -0.25) is 0 Å². The highest BCUT2D eigenvalue weighted by Gasteiger charge is 2.31. The maximum atomic E-state index is 12.3. The number of benzene rings is 4. The maximum absolute atomic E-state index is 12.3. The fourth-order valence-corrected chi connectivity index (χ4v) is 4.29. The van der Waals surface area contributed by atoms with E-state index < -0.39 is 11.9 Å². The van der Waals surface area contributed by atoms with Crippen LogP contribution in [-0.2, 0) is 11.4 Å². The van der Waals surface area contributed by atoms with Crippen molar-refractivity contribution in [3.05, 3.63) is 130 Å². The van der Waals surface area contributed by atoms with Gasteiger partial charge in [-0.15, -0.1) is 0 Å². The molecule has 0 amide bonds. The van der Waals surface area contributed by atoms with E-state index in [2.05, 4.69) is 6.07 Å². The minimum absolute atomic E-state index is 0.00560. The lowest BCUT2D eigenvalue weighted by Gasteiger charge is -2.26. The lowest BCUT2D eigenvalue weighted by Crippen LogP contribution is -2.21. The van der Waals surface area contributed by atoms with E-state index in [1.165, 1.54) is 0 Å². The molecule has 0 radical (unpaired) electrons. The summed E-state index contributed by atoms with van der Waals surface area (Å²) in [6.45, 7) is 0.141. The number of ether oxygens (including phenoxy) is 4. The van der Waals surface area contributed by atoms with E-state index in [0.717, 1.165) is 16.7 Å². The van der Waals surface area contributed by atoms with Crippen LogP contribution in [0.15, 0.2) is 109 Å². The van der Waals surface area contributed by atoms with Gasteiger partial charge in [0.05, 0.1) is 5.92 Å². The number of nitrogens with two attached hydrogens (primary N) is 1. The summed E-state index contributed by atoms with van der Waals surface area (Å²) >= 11 is 5.94. The molecule has 1 heterocycles. The van der Waals surface area contributed by atoms with Crippen molar-refractivity contribution in [1.29, 1.82) is 5.26 Å². The van der Waals surface area contributed by atoms with E-state index in [4.69, 9.17) is 36.3 Å². The Bertz CT molecular complexity index is 1550. The SMILES string of the molecule is N#CC1=C(N)Oc2cc(OC(=O)COc3ccccc3)ccc2C1c1ccc(OCc2ccc(Cl)cc2)cc1. The first kappa shape index (κ1) is 25.7. The van der Waals surface area contributed by atoms with Crippen molar-refractivity contribution < 1.29 is 23.7 Å². The predicted octanol–water partition coefficient (Wildman–Crippen LogP) is 6.12. The average Bonchev–Trinajstić information content (AvgIpc) is 2.96. The van der Waals surface area contributed by atoms with Crippen molar-refractivity contribution in [1.82, 2.24) is 0 Å². The minimum Gasteiger partial charge on any atom is -0.489 e. The number of esters is 1. The number of allylic oxidation sites excluding steroid dienone is 1. The minimum atomic E-state index is -0.568. The fourth-order valence-electron chi connectivity index (χ4n) is 4.17. The first-order chi connectivity index (χ1) is 19.0. The summed E-state index contributed by atoms with van der Waals surface area (Å²) in [7, 11) is 0. The molecule has 2 N–H and O–H groups in total. The molecule has 1 aliphatic heterocycles. The van der Waals surface area contributed by atoms with Gasteiger partial charge in [-0.1, -0.05) is 60.1 Å². The third-order valence-corrected chi connectivity index (χ3v) is 6.31. The van der Waals surface area contributed by atoms with Crippen LogP contribution in [-0.4, -0.2) is 12.6 Å². The number of carbonyl (C=O) groups excluding carboxylic acids is 1. The molecule has 1 aliphatic rings. The number of para-hydroxylation sites is 1. The Kier molecular flexibility index (Phi) is 7.67. The Labute approximate surface area is 230 Å². The number of halogens is 1. The summed E-state index contributed by atoms with van der Waals surface area (Å²) in [5.41, 5.74) is 8.96. The van der Waals surface area contributed by atoms with Crippen LogP contribution in [0.1, 0.15) is 22.6 Å². The molecule has 0 saturated carbocycles. The van der Waals surface area contributed by atoms with Crippen LogP contribution >= 0.6 is 11.6 Å². The summed E-state index contributed by atoms with van der Waals surface area (Å²) in [5.74, 6) is 0.874. The van der Waals surface area contributed by atoms with Gasteiger partial charge >= 0.3 is 5.97 Å². The predicted molar refractivity (Wildman–Crippen MR) is 146 cm³/mol.